The van der Waals surface area contributed by atoms with Crippen LogP contribution in [0.5, 0.6) is 5.75 Å². The molecule has 2 aromatic rings. The average molecular weight is 265 g/mol. The first kappa shape index (κ1) is 12.6. The Hall–Kier alpha value is -2.38. The number of nitrogens with zero attached hydrogens (tertiary/aromatic N) is 3. The fourth-order valence-corrected chi connectivity index (χ4v) is 2.39. The van der Waals surface area contributed by atoms with Gasteiger partial charge in [-0.15, -0.1) is 0 Å². The van der Waals surface area contributed by atoms with Crippen molar-refractivity contribution in [3.63, 3.8) is 0 Å². The van der Waals surface area contributed by atoms with Crippen molar-refractivity contribution in [2.24, 2.45) is 0 Å². The fraction of sp³-hybridized carbons (Fsp3) is 0.250. The van der Waals surface area contributed by atoms with Crippen LogP contribution in [-0.4, -0.2) is 23.0 Å². The molecular weight excluding hydrogens is 250 g/mol. The van der Waals surface area contributed by atoms with Crippen LogP contribution in [0.4, 0.5) is 0 Å². The molecule has 1 aromatic carbocycles. The summed E-state index contributed by atoms with van der Waals surface area (Å²) in [7, 11) is 0. The molecule has 100 valence electrons. The summed E-state index contributed by atoms with van der Waals surface area (Å²) in [5, 5.41) is 8.67. The van der Waals surface area contributed by atoms with Crippen LogP contribution in [0.2, 0.25) is 0 Å². The number of nitriles is 1. The monoisotopic (exact) mass is 265 g/mol. The number of aromatic nitrogens is 1. The number of ether oxygens (including phenoxy) is 1. The van der Waals surface area contributed by atoms with E-state index in [4.69, 9.17) is 10.00 Å². The summed E-state index contributed by atoms with van der Waals surface area (Å²) in [4.78, 5) is 6.34. The van der Waals surface area contributed by atoms with Gasteiger partial charge < -0.3 is 4.74 Å². The first-order chi connectivity index (χ1) is 9.85. The third-order valence-electron chi connectivity index (χ3n) is 3.43. The molecule has 0 N–H and O–H groups in total. The van der Waals surface area contributed by atoms with Crippen molar-refractivity contribution < 1.29 is 4.74 Å². The van der Waals surface area contributed by atoms with E-state index >= 15 is 0 Å². The number of pyridine rings is 1. The molecule has 0 radical (unpaired) electrons. The van der Waals surface area contributed by atoms with Gasteiger partial charge in [0.2, 0.25) is 0 Å². The van der Waals surface area contributed by atoms with E-state index in [0.717, 1.165) is 19.6 Å². The summed E-state index contributed by atoms with van der Waals surface area (Å²) in [6.07, 6.45) is 1.59. The number of fused-ring (bicyclic) bond motifs is 1. The normalized spacial score (nSPS) is 13.8. The standard InChI is InChI=1S/C16H15N3O/c17-9-15-5-6-16(10-18-15)20-8-7-19-11-13-3-1-2-4-14(13)12-19/h1-6,10H,7-8,11-12H2. The molecule has 0 bridgehead atoms. The van der Waals surface area contributed by atoms with Crippen LogP contribution in [0.3, 0.4) is 0 Å². The maximum absolute atomic E-state index is 8.67. The first-order valence-electron chi connectivity index (χ1n) is 6.63. The highest BCUT2D eigenvalue weighted by Crippen LogP contribution is 2.21. The zero-order chi connectivity index (χ0) is 13.8. The second-order valence-electron chi connectivity index (χ2n) is 4.82. The molecule has 2 heterocycles. The predicted octanol–water partition coefficient (Wildman–Crippen LogP) is 2.35. The molecule has 0 fully saturated rings. The van der Waals surface area contributed by atoms with Crippen molar-refractivity contribution in [3.8, 4) is 11.8 Å². The summed E-state index contributed by atoms with van der Waals surface area (Å²) < 4.78 is 5.65. The molecule has 0 saturated carbocycles. The van der Waals surface area contributed by atoms with Gasteiger partial charge in [0.25, 0.3) is 0 Å². The van der Waals surface area contributed by atoms with Crippen molar-refractivity contribution in [2.75, 3.05) is 13.2 Å². The Morgan fingerprint density at radius 2 is 1.90 bits per heavy atom. The maximum Gasteiger partial charge on any atom is 0.140 e. The second kappa shape index (κ2) is 5.72. The van der Waals surface area contributed by atoms with Crippen LogP contribution in [0, 0.1) is 11.3 Å². The van der Waals surface area contributed by atoms with Gasteiger partial charge in [-0.05, 0) is 23.3 Å². The number of hydrogen-bond donors (Lipinski definition) is 0. The molecule has 4 nitrogen and oxygen atoms in total. The topological polar surface area (TPSA) is 49.1 Å². The highest BCUT2D eigenvalue weighted by Gasteiger charge is 2.17. The van der Waals surface area contributed by atoms with Crippen LogP contribution in [0.25, 0.3) is 0 Å². The lowest BCUT2D eigenvalue weighted by molar-refractivity contribution is 0.211. The van der Waals surface area contributed by atoms with E-state index in [2.05, 4.69) is 34.1 Å². The highest BCUT2D eigenvalue weighted by molar-refractivity contribution is 5.30. The van der Waals surface area contributed by atoms with Gasteiger partial charge in [-0.25, -0.2) is 4.98 Å². The fourth-order valence-electron chi connectivity index (χ4n) is 2.39. The summed E-state index contributed by atoms with van der Waals surface area (Å²) in [6, 6.07) is 14.0. The third-order valence-corrected chi connectivity index (χ3v) is 3.43. The summed E-state index contributed by atoms with van der Waals surface area (Å²) in [5.41, 5.74) is 3.23. The maximum atomic E-state index is 8.67. The van der Waals surface area contributed by atoms with E-state index in [9.17, 15) is 0 Å². The van der Waals surface area contributed by atoms with E-state index in [1.54, 1.807) is 18.3 Å². The van der Waals surface area contributed by atoms with Crippen LogP contribution < -0.4 is 4.74 Å². The Kier molecular flexibility index (Phi) is 3.62. The molecule has 0 saturated heterocycles. The van der Waals surface area contributed by atoms with Gasteiger partial charge in [-0.3, -0.25) is 4.90 Å². The summed E-state index contributed by atoms with van der Waals surface area (Å²) in [5.74, 6) is 0.709. The van der Waals surface area contributed by atoms with Gasteiger partial charge in [0, 0.05) is 19.6 Å². The Labute approximate surface area is 118 Å². The Bertz CT molecular complexity index is 606. The predicted molar refractivity (Wildman–Crippen MR) is 75.0 cm³/mol. The molecular formula is C16H15N3O. The van der Waals surface area contributed by atoms with Gasteiger partial charge in [0.15, 0.2) is 0 Å². The minimum atomic E-state index is 0.410. The number of hydrogen-bond acceptors (Lipinski definition) is 4. The lowest BCUT2D eigenvalue weighted by Crippen LogP contribution is -2.22. The van der Waals surface area contributed by atoms with E-state index < -0.39 is 0 Å². The molecule has 1 aromatic heterocycles. The van der Waals surface area contributed by atoms with E-state index in [1.165, 1.54) is 11.1 Å². The molecule has 0 aliphatic carbocycles. The second-order valence-corrected chi connectivity index (χ2v) is 4.82. The highest BCUT2D eigenvalue weighted by atomic mass is 16.5. The van der Waals surface area contributed by atoms with Gasteiger partial charge in [0.05, 0.1) is 6.20 Å². The Balaban J connectivity index is 1.48. The first-order valence-corrected chi connectivity index (χ1v) is 6.63. The molecule has 3 rings (SSSR count). The van der Waals surface area contributed by atoms with E-state index in [1.807, 2.05) is 6.07 Å². The number of benzene rings is 1. The Morgan fingerprint density at radius 1 is 1.15 bits per heavy atom. The SMILES string of the molecule is N#Cc1ccc(OCCN2Cc3ccccc3C2)cn1. The van der Waals surface area contributed by atoms with E-state index in [-0.39, 0.29) is 0 Å². The molecule has 0 unspecified atom stereocenters. The minimum absolute atomic E-state index is 0.410. The van der Waals surface area contributed by atoms with Crippen molar-refractivity contribution in [1.82, 2.24) is 9.88 Å². The third kappa shape index (κ3) is 2.79. The van der Waals surface area contributed by atoms with Crippen molar-refractivity contribution >= 4 is 0 Å². The van der Waals surface area contributed by atoms with Crippen LogP contribution in [0.1, 0.15) is 16.8 Å². The van der Waals surface area contributed by atoms with Crippen molar-refractivity contribution in [3.05, 3.63) is 59.4 Å². The molecule has 0 atom stereocenters. The lowest BCUT2D eigenvalue weighted by atomic mass is 10.1. The molecule has 1 aliphatic rings. The van der Waals surface area contributed by atoms with Crippen LogP contribution in [-0.2, 0) is 13.1 Å². The average Bonchev–Trinajstić information content (AvgIpc) is 2.90. The smallest absolute Gasteiger partial charge is 0.140 e. The van der Waals surface area contributed by atoms with Gasteiger partial charge in [-0.1, -0.05) is 24.3 Å². The van der Waals surface area contributed by atoms with Gasteiger partial charge in [-0.2, -0.15) is 5.26 Å². The number of rotatable bonds is 4. The summed E-state index contributed by atoms with van der Waals surface area (Å²) >= 11 is 0. The van der Waals surface area contributed by atoms with E-state index in [0.29, 0.717) is 18.1 Å². The minimum Gasteiger partial charge on any atom is -0.491 e. The molecule has 0 amide bonds. The molecule has 0 spiro atoms. The van der Waals surface area contributed by atoms with Crippen LogP contribution in [0.15, 0.2) is 42.6 Å². The van der Waals surface area contributed by atoms with Gasteiger partial charge >= 0.3 is 0 Å². The largest absolute Gasteiger partial charge is 0.491 e. The summed E-state index contributed by atoms with van der Waals surface area (Å²) in [6.45, 7) is 3.49. The molecule has 20 heavy (non-hydrogen) atoms. The lowest BCUT2D eigenvalue weighted by Gasteiger charge is -2.15. The molecule has 4 heteroatoms. The van der Waals surface area contributed by atoms with Crippen molar-refractivity contribution in [1.29, 1.82) is 5.26 Å². The molecule has 1 aliphatic heterocycles. The zero-order valence-electron chi connectivity index (χ0n) is 11.1. The quantitative estimate of drug-likeness (QED) is 0.851. The van der Waals surface area contributed by atoms with Crippen molar-refractivity contribution in [2.45, 2.75) is 13.1 Å². The Morgan fingerprint density at radius 3 is 2.50 bits per heavy atom. The zero-order valence-corrected chi connectivity index (χ0v) is 11.1. The van der Waals surface area contributed by atoms with Crippen LogP contribution >= 0.6 is 0 Å². The van der Waals surface area contributed by atoms with Gasteiger partial charge in [0.1, 0.15) is 24.1 Å².